The van der Waals surface area contributed by atoms with Gasteiger partial charge in [-0.05, 0) is 125 Å². The lowest BCUT2D eigenvalue weighted by atomic mass is 10.0. The molecule has 0 aliphatic heterocycles. The first-order chi connectivity index (χ1) is 33.4. The molecule has 0 spiro atoms. The monoisotopic (exact) mass is 1160 g/mol. The Morgan fingerprint density at radius 2 is 0.986 bits per heavy atom. The second kappa shape index (κ2) is 40.7. The van der Waals surface area contributed by atoms with Crippen LogP contribution < -0.4 is 21.5 Å². The highest BCUT2D eigenvalue weighted by Crippen LogP contribution is 2.29. The maximum atomic E-state index is 11.6. The number of aliphatic carboxylic acids is 2. The summed E-state index contributed by atoms with van der Waals surface area (Å²) >= 11 is 29.4. The zero-order valence-corrected chi connectivity index (χ0v) is 47.1. The van der Waals surface area contributed by atoms with Crippen LogP contribution in [0.2, 0.25) is 0 Å². The number of carbonyl (C=O) groups excluding carboxylic acids is 1. The van der Waals surface area contributed by atoms with Crippen LogP contribution in [0.25, 0.3) is 5.69 Å². The van der Waals surface area contributed by atoms with E-state index in [1.807, 2.05) is 63.1 Å². The summed E-state index contributed by atoms with van der Waals surface area (Å²) in [5.74, 6) is -3.60. The van der Waals surface area contributed by atoms with E-state index in [4.69, 9.17) is 126 Å². The second-order valence-corrected chi connectivity index (χ2v) is 20.7. The van der Waals surface area contributed by atoms with Crippen LogP contribution in [0.15, 0.2) is 88.8 Å². The fourth-order valence-corrected chi connectivity index (χ4v) is 4.45. The summed E-state index contributed by atoms with van der Waals surface area (Å²) in [7, 11) is 5.89. The normalized spacial score (nSPS) is 13.1. The van der Waals surface area contributed by atoms with Crippen molar-refractivity contribution in [2.45, 2.75) is 138 Å². The fraction of sp³-hybridized carbons (Fsp3) is 0.532. The van der Waals surface area contributed by atoms with Gasteiger partial charge in [0.15, 0.2) is 24.8 Å². The molecule has 0 saturated heterocycles. The zero-order valence-electron chi connectivity index (χ0n) is 42.6. The van der Waals surface area contributed by atoms with Crippen molar-refractivity contribution in [1.82, 2.24) is 20.0 Å². The van der Waals surface area contributed by atoms with Gasteiger partial charge in [0.05, 0.1) is 5.69 Å². The van der Waals surface area contributed by atoms with Gasteiger partial charge in [-0.25, -0.2) is 14.3 Å². The molecule has 3 rings (SSSR count). The molecule has 26 heteroatoms. The molecular weight excluding hydrogens is 1090 g/mol. The maximum Gasteiger partial charge on any atom is 0.335 e. The van der Waals surface area contributed by atoms with E-state index >= 15 is 0 Å². The van der Waals surface area contributed by atoms with Crippen molar-refractivity contribution >= 4 is 93.1 Å². The molecule has 2 unspecified atom stereocenters. The van der Waals surface area contributed by atoms with E-state index in [1.54, 1.807) is 22.9 Å². The third-order valence-electron chi connectivity index (χ3n) is 8.92. The maximum absolute atomic E-state index is 11.6. The molecule has 1 amide bonds. The highest BCUT2D eigenvalue weighted by molar-refractivity contribution is 6.68. The number of nitrogens with zero attached hydrogens (tertiary/aromatic N) is 2. The molecule has 14 N–H and O–H groups in total. The molecule has 6 atom stereocenters. The molecule has 73 heavy (non-hydrogen) atoms. The zero-order chi connectivity index (χ0) is 58.0. The highest BCUT2D eigenvalue weighted by atomic mass is 35.6. The van der Waals surface area contributed by atoms with Gasteiger partial charge in [0.2, 0.25) is 13.5 Å². The summed E-state index contributed by atoms with van der Waals surface area (Å²) in [6.07, 6.45) is -3.65. The van der Waals surface area contributed by atoms with Crippen LogP contribution in [-0.2, 0) is 21.4 Å². The lowest BCUT2D eigenvalue weighted by Crippen LogP contribution is -2.49. The van der Waals surface area contributed by atoms with E-state index in [2.05, 4.69) is 69.6 Å². The lowest BCUT2D eigenvalue weighted by molar-refractivity contribution is -0.172. The van der Waals surface area contributed by atoms with Gasteiger partial charge in [-0.15, -0.1) is 0 Å². The van der Waals surface area contributed by atoms with E-state index in [1.165, 1.54) is 55.9 Å². The Morgan fingerprint density at radius 1 is 0.644 bits per heavy atom. The van der Waals surface area contributed by atoms with Crippen molar-refractivity contribution in [2.24, 2.45) is 7.05 Å². The van der Waals surface area contributed by atoms with E-state index in [0.29, 0.717) is 17.8 Å². The van der Waals surface area contributed by atoms with E-state index in [-0.39, 0.29) is 17.2 Å². The number of hydrogen-bond acceptors (Lipinski definition) is 15. The molecule has 420 valence electrons. The minimum atomic E-state index is -2.36. The van der Waals surface area contributed by atoms with Gasteiger partial charge in [0.1, 0.15) is 18.0 Å². The Morgan fingerprint density at radius 3 is 1.23 bits per heavy atom. The van der Waals surface area contributed by atoms with Gasteiger partial charge < -0.3 is 72.1 Å². The molecule has 0 bridgehead atoms. The van der Waals surface area contributed by atoms with Crippen molar-refractivity contribution < 1.29 is 70.6 Å². The number of aromatic hydroxyl groups is 1. The number of carboxylic acids is 2. The summed E-state index contributed by atoms with van der Waals surface area (Å²) in [6, 6.07) is 18.9. The fourth-order valence-electron chi connectivity index (χ4n) is 4.45. The molecule has 1 aromatic heterocycles. The summed E-state index contributed by atoms with van der Waals surface area (Å²) in [5.41, 5.74) is 5.39. The number of aliphatic hydroxyl groups is 8. The number of aromatic nitrogens is 2. The van der Waals surface area contributed by atoms with E-state index < -0.39 is 56.5 Å². The number of allylic oxidation sites excluding steroid dienone is 4. The van der Waals surface area contributed by atoms with Crippen molar-refractivity contribution in [3.8, 4) is 11.4 Å². The summed E-state index contributed by atoms with van der Waals surface area (Å²) < 4.78 is -0.451. The quantitative estimate of drug-likeness (QED) is 0.0389. The molecule has 0 aliphatic carbocycles. The molecule has 20 nitrogen and oxygen atoms in total. The first kappa shape index (κ1) is 76.0. The molecule has 0 radical (unpaired) electrons. The van der Waals surface area contributed by atoms with Gasteiger partial charge >= 0.3 is 11.9 Å². The average Bonchev–Trinajstić information content (AvgIpc) is 3.55. The van der Waals surface area contributed by atoms with Crippen molar-refractivity contribution in [3.63, 3.8) is 0 Å². The Bertz CT molecular complexity index is 2000. The number of phenolic OH excluding ortho intramolecular Hbond substituents is 1. The van der Waals surface area contributed by atoms with E-state index in [9.17, 15) is 19.2 Å². The third kappa shape index (κ3) is 40.5. The number of carbonyl (C=O) groups is 3. The van der Waals surface area contributed by atoms with Crippen molar-refractivity contribution in [3.05, 3.63) is 100 Å². The Hall–Kier alpha value is -3.52. The van der Waals surface area contributed by atoms with Gasteiger partial charge in [-0.3, -0.25) is 14.3 Å². The summed E-state index contributed by atoms with van der Waals surface area (Å²) in [6.45, 7) is 16.3. The summed E-state index contributed by atoms with van der Waals surface area (Å²) in [5, 5.41) is 102. The molecule has 0 saturated carbocycles. The van der Waals surface area contributed by atoms with Gasteiger partial charge in [0.25, 0.3) is 5.56 Å². The standard InChI is InChI=1S/C11H12N2O.2C9H19N.C8H9NO2.C6H10O8.2C2H3Cl3O2/c1-9-8-11(14)13(12(9)2)10-6-4-3-5-7-10;2*1-8(2)6-5-7-9(3)10-4;1-6(10)9-7-2-4-8(11)5-3-7;7-1(3(9)5(11)12)2(8)4(10)6(13)14;2*3-2(4,5)1(6)7/h3-8H,1-2H3;2*6,9-10H,5,7H2,1-4H3;2-5,11H,1H3,(H,9,10);1-4,7-10H,(H,11,12)(H,13,14);2*1,6-7H/t;;;;1-,2+,3+,4-;;. The minimum absolute atomic E-state index is 0.0104. The number of alkyl halides is 6. The molecule has 0 fully saturated rings. The van der Waals surface area contributed by atoms with Crippen molar-refractivity contribution in [1.29, 1.82) is 0 Å². The van der Waals surface area contributed by atoms with Crippen LogP contribution in [0, 0.1) is 6.92 Å². The predicted octanol–water partition coefficient (Wildman–Crippen LogP) is 5.45. The number of amides is 1. The topological polar surface area (TPSA) is 337 Å². The first-order valence-corrected chi connectivity index (χ1v) is 24.2. The van der Waals surface area contributed by atoms with Gasteiger partial charge in [-0.2, -0.15) is 0 Å². The highest BCUT2D eigenvalue weighted by Gasteiger charge is 2.37. The molecule has 0 aliphatic rings. The van der Waals surface area contributed by atoms with Gasteiger partial charge in [0, 0.05) is 43.5 Å². The Labute approximate surface area is 457 Å². The first-order valence-electron chi connectivity index (χ1n) is 21.9. The number of carboxylic acid groups (broad SMARTS) is 2. The van der Waals surface area contributed by atoms with Gasteiger partial charge in [-0.1, -0.05) is 111 Å². The number of nitrogens with one attached hydrogen (secondary N) is 3. The van der Waals surface area contributed by atoms with Crippen LogP contribution in [0.1, 0.15) is 79.8 Å². The second-order valence-electron chi connectivity index (χ2n) is 16.0. The number of para-hydroxylation sites is 1. The van der Waals surface area contributed by atoms with Crippen molar-refractivity contribution in [2.75, 3.05) is 19.4 Å². The van der Waals surface area contributed by atoms with Crippen LogP contribution >= 0.6 is 69.6 Å². The number of aryl methyl sites for hydroxylation is 1. The third-order valence-corrected chi connectivity index (χ3v) is 10.1. The molecule has 2 aromatic carbocycles. The van der Waals surface area contributed by atoms with Crippen LogP contribution in [-0.4, -0.2) is 154 Å². The number of benzene rings is 2. The Kier molecular flexibility index (Phi) is 42.4. The molecule has 3 aromatic rings. The molecule has 1 heterocycles. The van der Waals surface area contributed by atoms with E-state index in [0.717, 1.165) is 11.4 Å². The number of aliphatic hydroxyl groups excluding tert-OH is 6. The predicted molar refractivity (Wildman–Crippen MR) is 289 cm³/mol. The summed E-state index contributed by atoms with van der Waals surface area (Å²) in [4.78, 5) is 42.3. The van der Waals surface area contributed by atoms with Crippen LogP contribution in [0.3, 0.4) is 0 Å². The number of hydrogen-bond donors (Lipinski definition) is 14. The molecular formula is C47H75Cl6N5O15. The van der Waals surface area contributed by atoms with Crippen LogP contribution in [0.5, 0.6) is 5.75 Å². The largest absolute Gasteiger partial charge is 0.508 e. The SMILES string of the molecule is CC(=O)Nc1ccc(O)cc1.CNC(C)CCC=C(C)C.CNC(C)CCC=C(C)C.Cc1cc(=O)n(-c2ccccc2)n1C.O=C(O)[C@@H](O)[C@H](O)[C@H](O)[C@@H](O)C(=O)O.OC(O)C(Cl)(Cl)Cl.OC(O)C(Cl)(Cl)Cl. The Balaban J connectivity index is -0.000000386. The minimum Gasteiger partial charge on any atom is -0.508 e. The number of phenols is 1. The number of rotatable bonds is 15. The van der Waals surface area contributed by atoms with Crippen LogP contribution in [0.4, 0.5) is 5.69 Å². The average molecular weight is 1160 g/mol. The smallest absolute Gasteiger partial charge is 0.335 e. The number of anilines is 1. The lowest BCUT2D eigenvalue weighted by Gasteiger charge is -2.21. The number of halogens is 6.